The fraction of sp³-hybridized carbons (Fsp3) is 0.526. The Morgan fingerprint density at radius 2 is 1.88 bits per heavy atom. The lowest BCUT2D eigenvalue weighted by molar-refractivity contribution is -0.125. The van der Waals surface area contributed by atoms with Crippen molar-refractivity contribution in [2.45, 2.75) is 39.2 Å². The van der Waals surface area contributed by atoms with Gasteiger partial charge in [0.2, 0.25) is 11.8 Å². The minimum absolute atomic E-state index is 0. The second-order valence-electron chi connectivity index (χ2n) is 7.14. The Morgan fingerprint density at radius 1 is 1.27 bits per heavy atom. The molecule has 1 heterocycles. The van der Waals surface area contributed by atoms with Crippen molar-refractivity contribution < 1.29 is 14.4 Å². The van der Waals surface area contributed by atoms with Crippen LogP contribution in [0.25, 0.3) is 0 Å². The minimum Gasteiger partial charge on any atom is -0.342 e. The molecule has 2 unspecified atom stereocenters. The molecule has 2 atom stereocenters. The first-order valence-electron chi connectivity index (χ1n) is 8.71. The summed E-state index contributed by atoms with van der Waals surface area (Å²) in [5.74, 6) is -0.401. The van der Waals surface area contributed by atoms with Crippen LogP contribution in [0.5, 0.6) is 0 Å². The summed E-state index contributed by atoms with van der Waals surface area (Å²) in [4.78, 5) is 37.0. The standard InChI is InChI=1S/C19H27N3O3.ClH/c1-12(2)16(20)8-9-22(3)19(25)14-6-4-13(5-7-14)10-15-11-17(23)21-18(15)24;/h4-7,12,15-16H,8-11,20H2,1-3H3,(H,21,23,24);1H. The van der Waals surface area contributed by atoms with Crippen molar-refractivity contribution in [3.8, 4) is 0 Å². The van der Waals surface area contributed by atoms with E-state index >= 15 is 0 Å². The second-order valence-corrected chi connectivity index (χ2v) is 7.14. The normalized spacial score (nSPS) is 17.7. The van der Waals surface area contributed by atoms with Crippen LogP contribution >= 0.6 is 12.4 Å². The Kier molecular flexibility index (Phi) is 8.24. The van der Waals surface area contributed by atoms with Gasteiger partial charge < -0.3 is 10.6 Å². The van der Waals surface area contributed by atoms with Crippen molar-refractivity contribution in [1.82, 2.24) is 10.2 Å². The van der Waals surface area contributed by atoms with Gasteiger partial charge >= 0.3 is 0 Å². The Labute approximate surface area is 160 Å². The smallest absolute Gasteiger partial charge is 0.253 e. The molecule has 1 aromatic rings. The fourth-order valence-corrected chi connectivity index (χ4v) is 2.84. The molecule has 1 fully saturated rings. The first-order chi connectivity index (χ1) is 11.8. The number of hydrogen-bond donors (Lipinski definition) is 2. The zero-order valence-electron chi connectivity index (χ0n) is 15.5. The topological polar surface area (TPSA) is 92.5 Å². The highest BCUT2D eigenvalue weighted by atomic mass is 35.5. The largest absolute Gasteiger partial charge is 0.342 e. The lowest BCUT2D eigenvalue weighted by Gasteiger charge is -2.21. The average Bonchev–Trinajstić information content (AvgIpc) is 2.89. The SMILES string of the molecule is CC(C)C(N)CCN(C)C(=O)c1ccc(CC2CC(=O)NC2=O)cc1.Cl. The lowest BCUT2D eigenvalue weighted by Crippen LogP contribution is -2.34. The summed E-state index contributed by atoms with van der Waals surface area (Å²) in [5, 5.41) is 2.31. The van der Waals surface area contributed by atoms with Gasteiger partial charge in [0, 0.05) is 31.6 Å². The maximum absolute atomic E-state index is 12.5. The molecule has 7 heteroatoms. The molecule has 3 N–H and O–H groups in total. The fourth-order valence-electron chi connectivity index (χ4n) is 2.84. The summed E-state index contributed by atoms with van der Waals surface area (Å²) < 4.78 is 0. The Morgan fingerprint density at radius 3 is 2.38 bits per heavy atom. The van der Waals surface area contributed by atoms with Crippen LogP contribution in [0.1, 0.15) is 42.6 Å². The van der Waals surface area contributed by atoms with Crippen molar-refractivity contribution in [1.29, 1.82) is 0 Å². The molecule has 0 saturated carbocycles. The van der Waals surface area contributed by atoms with Gasteiger partial charge in [0.05, 0.1) is 5.92 Å². The molecule has 1 aliphatic heterocycles. The van der Waals surface area contributed by atoms with Crippen molar-refractivity contribution in [3.63, 3.8) is 0 Å². The van der Waals surface area contributed by atoms with E-state index in [2.05, 4.69) is 19.2 Å². The average molecular weight is 382 g/mol. The summed E-state index contributed by atoms with van der Waals surface area (Å²) >= 11 is 0. The van der Waals surface area contributed by atoms with E-state index < -0.39 is 0 Å². The van der Waals surface area contributed by atoms with Gasteiger partial charge in [-0.3, -0.25) is 19.7 Å². The third kappa shape index (κ3) is 5.81. The van der Waals surface area contributed by atoms with Gasteiger partial charge in [0.25, 0.3) is 5.91 Å². The van der Waals surface area contributed by atoms with Gasteiger partial charge in [-0.2, -0.15) is 0 Å². The summed E-state index contributed by atoms with van der Waals surface area (Å²) in [6.45, 7) is 4.76. The third-order valence-electron chi connectivity index (χ3n) is 4.75. The quantitative estimate of drug-likeness (QED) is 0.704. The van der Waals surface area contributed by atoms with Gasteiger partial charge in [0.1, 0.15) is 0 Å². The van der Waals surface area contributed by atoms with E-state index in [9.17, 15) is 14.4 Å². The van der Waals surface area contributed by atoms with Gasteiger partial charge in [-0.05, 0) is 36.5 Å². The molecule has 144 valence electrons. The molecule has 1 aliphatic rings. The number of rotatable bonds is 7. The number of nitrogens with two attached hydrogens (primary N) is 1. The molecule has 26 heavy (non-hydrogen) atoms. The van der Waals surface area contributed by atoms with Crippen LogP contribution in [0.2, 0.25) is 0 Å². The predicted molar refractivity (Wildman–Crippen MR) is 103 cm³/mol. The number of carbonyl (C=O) groups is 3. The zero-order chi connectivity index (χ0) is 18.6. The molecule has 6 nitrogen and oxygen atoms in total. The van der Waals surface area contributed by atoms with Crippen molar-refractivity contribution in [2.24, 2.45) is 17.6 Å². The molecule has 0 aliphatic carbocycles. The first-order valence-corrected chi connectivity index (χ1v) is 8.71. The molecule has 3 amide bonds. The van der Waals surface area contributed by atoms with Crippen LogP contribution in [0, 0.1) is 11.8 Å². The van der Waals surface area contributed by atoms with Crippen LogP contribution in [0.15, 0.2) is 24.3 Å². The van der Waals surface area contributed by atoms with E-state index in [1.54, 1.807) is 24.1 Å². The van der Waals surface area contributed by atoms with Crippen molar-refractivity contribution in [2.75, 3.05) is 13.6 Å². The van der Waals surface area contributed by atoms with Crippen LogP contribution in [-0.2, 0) is 16.0 Å². The molecule has 0 radical (unpaired) electrons. The van der Waals surface area contributed by atoms with Gasteiger partial charge in [-0.25, -0.2) is 0 Å². The Hall–Kier alpha value is -1.92. The highest BCUT2D eigenvalue weighted by Gasteiger charge is 2.30. The van der Waals surface area contributed by atoms with Crippen molar-refractivity contribution >= 4 is 30.1 Å². The van der Waals surface area contributed by atoms with Gasteiger partial charge in [0.15, 0.2) is 0 Å². The molecule has 2 rings (SSSR count). The van der Waals surface area contributed by atoms with Crippen LogP contribution in [0.4, 0.5) is 0 Å². The number of amides is 3. The lowest BCUT2D eigenvalue weighted by atomic mass is 9.97. The molecule has 0 spiro atoms. The highest BCUT2D eigenvalue weighted by Crippen LogP contribution is 2.18. The summed E-state index contributed by atoms with van der Waals surface area (Å²) in [7, 11) is 1.78. The minimum atomic E-state index is -0.311. The molecular formula is C19H28ClN3O3. The van der Waals surface area contributed by atoms with E-state index in [0.29, 0.717) is 24.4 Å². The number of hydrogen-bond acceptors (Lipinski definition) is 4. The third-order valence-corrected chi connectivity index (χ3v) is 4.75. The van der Waals surface area contributed by atoms with Crippen LogP contribution < -0.4 is 11.1 Å². The second kappa shape index (κ2) is 9.69. The number of nitrogens with one attached hydrogen (secondary N) is 1. The number of carbonyl (C=O) groups excluding carboxylic acids is 3. The first kappa shape index (κ1) is 22.1. The molecular weight excluding hydrogens is 354 g/mol. The van der Waals surface area contributed by atoms with E-state index in [1.165, 1.54) is 0 Å². The van der Waals surface area contributed by atoms with E-state index in [0.717, 1.165) is 12.0 Å². The monoisotopic (exact) mass is 381 g/mol. The Balaban J connectivity index is 0.00000338. The maximum atomic E-state index is 12.5. The molecule has 0 bridgehead atoms. The Bertz CT molecular complexity index is 646. The van der Waals surface area contributed by atoms with E-state index in [-0.39, 0.29) is 48.5 Å². The van der Waals surface area contributed by atoms with E-state index in [1.807, 2.05) is 12.1 Å². The molecule has 1 aromatic carbocycles. The number of imide groups is 1. The maximum Gasteiger partial charge on any atom is 0.253 e. The highest BCUT2D eigenvalue weighted by molar-refractivity contribution is 6.03. The number of halogens is 1. The van der Waals surface area contributed by atoms with Gasteiger partial charge in [-0.15, -0.1) is 12.4 Å². The van der Waals surface area contributed by atoms with E-state index in [4.69, 9.17) is 5.73 Å². The van der Waals surface area contributed by atoms with Crippen LogP contribution in [-0.4, -0.2) is 42.3 Å². The zero-order valence-corrected chi connectivity index (χ0v) is 16.3. The predicted octanol–water partition coefficient (Wildman–Crippen LogP) is 1.76. The van der Waals surface area contributed by atoms with Crippen LogP contribution in [0.3, 0.4) is 0 Å². The van der Waals surface area contributed by atoms with Gasteiger partial charge in [-0.1, -0.05) is 26.0 Å². The molecule has 1 saturated heterocycles. The number of benzene rings is 1. The summed E-state index contributed by atoms with van der Waals surface area (Å²) in [5.41, 5.74) is 7.58. The summed E-state index contributed by atoms with van der Waals surface area (Å²) in [6.07, 6.45) is 1.51. The number of nitrogens with zero attached hydrogens (tertiary/aromatic N) is 1. The van der Waals surface area contributed by atoms with Crippen molar-refractivity contribution in [3.05, 3.63) is 35.4 Å². The summed E-state index contributed by atoms with van der Waals surface area (Å²) in [6, 6.07) is 7.31. The molecule has 0 aromatic heterocycles.